The van der Waals surface area contributed by atoms with Crippen LogP contribution in [0.25, 0.3) is 0 Å². The molecule has 0 aromatic heterocycles. The van der Waals surface area contributed by atoms with Gasteiger partial charge in [-0.15, -0.1) is 0 Å². The van der Waals surface area contributed by atoms with Crippen LogP contribution in [0.2, 0.25) is 0 Å². The number of rotatable bonds is 5. The van der Waals surface area contributed by atoms with Gasteiger partial charge in [0.05, 0.1) is 5.75 Å². The summed E-state index contributed by atoms with van der Waals surface area (Å²) in [5, 5.41) is 0. The molecule has 20 heavy (non-hydrogen) atoms. The minimum Gasteiger partial charge on any atom is -0.328 e. The van der Waals surface area contributed by atoms with Crippen LogP contribution in [0, 0.1) is 0 Å². The standard InChI is InChI=1S/C15H24N2O2S/c1-12(13-5-3-2-4-6-13)11-20(18,19)17-15-9-7-14(16)8-10-15/h2-6,12,14-15,17H,7-11,16H2,1H3. The second kappa shape index (κ2) is 6.70. The van der Waals surface area contributed by atoms with Crippen LogP contribution in [0.5, 0.6) is 0 Å². The van der Waals surface area contributed by atoms with Crippen LogP contribution >= 0.6 is 0 Å². The summed E-state index contributed by atoms with van der Waals surface area (Å²) in [6.07, 6.45) is 3.50. The van der Waals surface area contributed by atoms with E-state index in [0.29, 0.717) is 0 Å². The van der Waals surface area contributed by atoms with Crippen molar-refractivity contribution in [2.24, 2.45) is 5.73 Å². The third kappa shape index (κ3) is 4.58. The second-order valence-corrected chi connectivity index (χ2v) is 7.62. The fraction of sp³-hybridized carbons (Fsp3) is 0.600. The molecular weight excluding hydrogens is 272 g/mol. The van der Waals surface area contributed by atoms with Crippen LogP contribution in [-0.4, -0.2) is 26.3 Å². The zero-order valence-corrected chi connectivity index (χ0v) is 12.8. The van der Waals surface area contributed by atoms with E-state index >= 15 is 0 Å². The van der Waals surface area contributed by atoms with Crippen molar-refractivity contribution in [3.8, 4) is 0 Å². The molecule has 0 amide bonds. The van der Waals surface area contributed by atoms with Gasteiger partial charge in [0.2, 0.25) is 10.0 Å². The Labute approximate surface area is 121 Å². The normalized spacial score (nSPS) is 25.3. The van der Waals surface area contributed by atoms with Crippen molar-refractivity contribution < 1.29 is 8.42 Å². The molecule has 0 bridgehead atoms. The van der Waals surface area contributed by atoms with Crippen molar-refractivity contribution in [3.63, 3.8) is 0 Å². The number of benzene rings is 1. The third-order valence-electron chi connectivity index (χ3n) is 3.96. The van der Waals surface area contributed by atoms with Gasteiger partial charge in [0, 0.05) is 12.1 Å². The summed E-state index contributed by atoms with van der Waals surface area (Å²) in [5.74, 6) is 0.138. The topological polar surface area (TPSA) is 72.2 Å². The summed E-state index contributed by atoms with van der Waals surface area (Å²) in [4.78, 5) is 0. The highest BCUT2D eigenvalue weighted by molar-refractivity contribution is 7.89. The average molecular weight is 296 g/mol. The maximum atomic E-state index is 12.2. The van der Waals surface area contributed by atoms with Gasteiger partial charge < -0.3 is 5.73 Å². The van der Waals surface area contributed by atoms with Crippen LogP contribution in [0.15, 0.2) is 30.3 Å². The van der Waals surface area contributed by atoms with Gasteiger partial charge in [-0.2, -0.15) is 0 Å². The molecule has 1 aromatic rings. The van der Waals surface area contributed by atoms with Gasteiger partial charge >= 0.3 is 0 Å². The largest absolute Gasteiger partial charge is 0.328 e. The van der Waals surface area contributed by atoms with E-state index in [0.717, 1.165) is 31.2 Å². The fourth-order valence-electron chi connectivity index (χ4n) is 2.75. The Morgan fingerprint density at radius 2 is 1.80 bits per heavy atom. The molecule has 0 saturated heterocycles. The minimum absolute atomic E-state index is 0.000419. The molecule has 1 aliphatic carbocycles. The number of hydrogen-bond acceptors (Lipinski definition) is 3. The number of sulfonamides is 1. The molecule has 1 aromatic carbocycles. The lowest BCUT2D eigenvalue weighted by Crippen LogP contribution is -2.41. The molecule has 1 atom stereocenters. The first kappa shape index (κ1) is 15.5. The molecule has 0 spiro atoms. The number of nitrogens with one attached hydrogen (secondary N) is 1. The van der Waals surface area contributed by atoms with Crippen LogP contribution in [0.4, 0.5) is 0 Å². The minimum atomic E-state index is -3.24. The molecule has 1 aliphatic rings. The Morgan fingerprint density at radius 3 is 2.40 bits per heavy atom. The van der Waals surface area contributed by atoms with Gasteiger partial charge in [0.25, 0.3) is 0 Å². The Bertz CT molecular complexity index is 508. The molecule has 3 N–H and O–H groups in total. The van der Waals surface area contributed by atoms with E-state index in [2.05, 4.69) is 4.72 Å². The van der Waals surface area contributed by atoms with E-state index in [4.69, 9.17) is 5.73 Å². The molecule has 1 fully saturated rings. The van der Waals surface area contributed by atoms with Gasteiger partial charge in [0.1, 0.15) is 0 Å². The highest BCUT2D eigenvalue weighted by atomic mass is 32.2. The monoisotopic (exact) mass is 296 g/mol. The average Bonchev–Trinajstić information content (AvgIpc) is 2.41. The number of hydrogen-bond donors (Lipinski definition) is 2. The number of nitrogens with two attached hydrogens (primary N) is 1. The summed E-state index contributed by atoms with van der Waals surface area (Å²) in [7, 11) is -3.24. The quantitative estimate of drug-likeness (QED) is 0.872. The van der Waals surface area contributed by atoms with E-state index in [1.165, 1.54) is 0 Å². The van der Waals surface area contributed by atoms with Gasteiger partial charge in [-0.25, -0.2) is 13.1 Å². The molecule has 112 valence electrons. The first-order valence-corrected chi connectivity index (χ1v) is 8.92. The molecular formula is C15H24N2O2S. The molecule has 2 rings (SSSR count). The molecule has 0 radical (unpaired) electrons. The van der Waals surface area contributed by atoms with Crippen molar-refractivity contribution in [2.75, 3.05) is 5.75 Å². The maximum Gasteiger partial charge on any atom is 0.212 e. The Balaban J connectivity index is 1.91. The SMILES string of the molecule is CC(CS(=O)(=O)NC1CCC(N)CC1)c1ccccc1. The van der Waals surface area contributed by atoms with E-state index in [9.17, 15) is 8.42 Å². The molecule has 0 aliphatic heterocycles. The second-order valence-electron chi connectivity index (χ2n) is 5.82. The molecule has 1 unspecified atom stereocenters. The Kier molecular flexibility index (Phi) is 5.18. The van der Waals surface area contributed by atoms with E-state index in [1.807, 2.05) is 37.3 Å². The van der Waals surface area contributed by atoms with E-state index < -0.39 is 10.0 Å². The third-order valence-corrected chi connectivity index (χ3v) is 5.59. The van der Waals surface area contributed by atoms with Crippen LogP contribution in [0.1, 0.15) is 44.1 Å². The highest BCUT2D eigenvalue weighted by Gasteiger charge is 2.24. The zero-order valence-electron chi connectivity index (χ0n) is 12.0. The fourth-order valence-corrected chi connectivity index (χ4v) is 4.44. The van der Waals surface area contributed by atoms with Crippen molar-refractivity contribution in [1.29, 1.82) is 0 Å². The highest BCUT2D eigenvalue weighted by Crippen LogP contribution is 2.20. The van der Waals surface area contributed by atoms with Crippen molar-refractivity contribution in [1.82, 2.24) is 4.72 Å². The molecule has 5 heteroatoms. The van der Waals surface area contributed by atoms with Gasteiger partial charge in [-0.1, -0.05) is 37.3 Å². The van der Waals surface area contributed by atoms with E-state index in [-0.39, 0.29) is 23.8 Å². The summed E-state index contributed by atoms with van der Waals surface area (Å²) in [5.41, 5.74) is 6.90. The first-order valence-electron chi connectivity index (χ1n) is 7.27. The molecule has 0 heterocycles. The zero-order chi connectivity index (χ0) is 14.6. The Hall–Kier alpha value is -0.910. The van der Waals surface area contributed by atoms with Crippen molar-refractivity contribution >= 4 is 10.0 Å². The maximum absolute atomic E-state index is 12.2. The van der Waals surface area contributed by atoms with Gasteiger partial charge in [-0.05, 0) is 37.2 Å². The lowest BCUT2D eigenvalue weighted by molar-refractivity contribution is 0.373. The molecule has 1 saturated carbocycles. The van der Waals surface area contributed by atoms with Crippen LogP contribution in [0.3, 0.4) is 0 Å². The summed E-state index contributed by atoms with van der Waals surface area (Å²) >= 11 is 0. The Morgan fingerprint density at radius 1 is 1.20 bits per heavy atom. The summed E-state index contributed by atoms with van der Waals surface area (Å²) in [6.45, 7) is 1.95. The van der Waals surface area contributed by atoms with Crippen molar-refractivity contribution in [2.45, 2.75) is 50.6 Å². The summed E-state index contributed by atoms with van der Waals surface area (Å²) in [6, 6.07) is 10.1. The van der Waals surface area contributed by atoms with Gasteiger partial charge in [0.15, 0.2) is 0 Å². The predicted molar refractivity (Wildman–Crippen MR) is 82.0 cm³/mol. The lowest BCUT2D eigenvalue weighted by atomic mass is 9.93. The molecule has 4 nitrogen and oxygen atoms in total. The van der Waals surface area contributed by atoms with Crippen LogP contribution in [-0.2, 0) is 10.0 Å². The van der Waals surface area contributed by atoms with Crippen molar-refractivity contribution in [3.05, 3.63) is 35.9 Å². The first-order chi connectivity index (χ1) is 9.46. The van der Waals surface area contributed by atoms with Crippen LogP contribution < -0.4 is 10.5 Å². The van der Waals surface area contributed by atoms with Gasteiger partial charge in [-0.3, -0.25) is 0 Å². The predicted octanol–water partition coefficient (Wildman–Crippen LogP) is 1.98. The lowest BCUT2D eigenvalue weighted by Gasteiger charge is -2.27. The smallest absolute Gasteiger partial charge is 0.212 e. The summed E-state index contributed by atoms with van der Waals surface area (Å²) < 4.78 is 27.3. The van der Waals surface area contributed by atoms with E-state index in [1.54, 1.807) is 0 Å².